The first-order valence-electron chi connectivity index (χ1n) is 8.75. The molecule has 0 aromatic heterocycles. The zero-order chi connectivity index (χ0) is 18.8. The van der Waals surface area contributed by atoms with E-state index < -0.39 is 11.9 Å². The highest BCUT2D eigenvalue weighted by Gasteiger charge is 2.41. The van der Waals surface area contributed by atoms with Crippen molar-refractivity contribution in [1.82, 2.24) is 0 Å². The number of carbonyl (C=O) groups is 2. The molecule has 0 unspecified atom stereocenters. The fourth-order valence-corrected chi connectivity index (χ4v) is 3.54. The van der Waals surface area contributed by atoms with Crippen LogP contribution in [0.5, 0.6) is 0 Å². The number of rotatable bonds is 4. The van der Waals surface area contributed by atoms with Gasteiger partial charge in [-0.15, -0.1) is 0 Å². The van der Waals surface area contributed by atoms with Crippen molar-refractivity contribution >= 4 is 23.4 Å². The average Bonchev–Trinajstić information content (AvgIpc) is 2.59. The normalized spacial score (nSPS) is 20.2. The number of ether oxygens (including phenoxy) is 2. The molecule has 1 atom stereocenters. The van der Waals surface area contributed by atoms with Crippen LogP contribution < -0.4 is 5.73 Å². The first-order valence-corrected chi connectivity index (χ1v) is 9.13. The number of Topliss-reactive ketones (excluding diaryl/α,β-unsaturated/α-hetero) is 1. The highest BCUT2D eigenvalue weighted by Crippen LogP contribution is 2.45. The van der Waals surface area contributed by atoms with Crippen molar-refractivity contribution in [3.05, 3.63) is 57.6 Å². The smallest absolute Gasteiger partial charge is 0.340 e. The minimum atomic E-state index is -0.667. The van der Waals surface area contributed by atoms with Crippen molar-refractivity contribution in [3.8, 4) is 0 Å². The summed E-state index contributed by atoms with van der Waals surface area (Å²) in [5, 5.41) is 0.464. The lowest BCUT2D eigenvalue weighted by molar-refractivity contribution is -0.140. The van der Waals surface area contributed by atoms with Crippen LogP contribution in [0.15, 0.2) is 47.1 Å². The largest absolute Gasteiger partial charge is 0.462 e. The molecule has 0 fully saturated rings. The van der Waals surface area contributed by atoms with E-state index in [1.54, 1.807) is 18.2 Å². The maximum atomic E-state index is 12.8. The van der Waals surface area contributed by atoms with Crippen LogP contribution in [0.4, 0.5) is 0 Å². The lowest BCUT2D eigenvalue weighted by atomic mass is 9.77. The molecule has 0 saturated heterocycles. The first kappa shape index (κ1) is 18.5. The van der Waals surface area contributed by atoms with Crippen LogP contribution in [-0.2, 0) is 19.1 Å². The van der Waals surface area contributed by atoms with Gasteiger partial charge in [0.2, 0.25) is 5.88 Å². The first-order chi connectivity index (χ1) is 12.4. The van der Waals surface area contributed by atoms with Gasteiger partial charge in [0.05, 0.1) is 12.5 Å². The Labute approximate surface area is 157 Å². The Morgan fingerprint density at radius 1 is 1.35 bits per heavy atom. The molecule has 5 nitrogen and oxygen atoms in total. The SMILES string of the molecule is CC(C)COC(=O)C1=C(N)OC2=C(C(=O)CCC2)[C@H]1c1ccccc1Cl. The zero-order valence-corrected chi connectivity index (χ0v) is 15.6. The van der Waals surface area contributed by atoms with Crippen molar-refractivity contribution in [1.29, 1.82) is 0 Å². The van der Waals surface area contributed by atoms with Crippen molar-refractivity contribution in [3.63, 3.8) is 0 Å². The molecule has 1 aliphatic heterocycles. The second-order valence-electron chi connectivity index (χ2n) is 6.94. The molecule has 1 heterocycles. The van der Waals surface area contributed by atoms with E-state index in [-0.39, 0.29) is 29.8 Å². The van der Waals surface area contributed by atoms with E-state index in [1.807, 2.05) is 19.9 Å². The predicted octanol–water partition coefficient (Wildman–Crippen LogP) is 3.83. The number of nitrogens with two attached hydrogens (primary N) is 1. The van der Waals surface area contributed by atoms with E-state index in [0.29, 0.717) is 41.2 Å². The van der Waals surface area contributed by atoms with E-state index in [2.05, 4.69) is 0 Å². The quantitative estimate of drug-likeness (QED) is 0.809. The zero-order valence-electron chi connectivity index (χ0n) is 14.9. The summed E-state index contributed by atoms with van der Waals surface area (Å²) < 4.78 is 11.1. The van der Waals surface area contributed by atoms with Gasteiger partial charge in [-0.25, -0.2) is 4.79 Å². The molecule has 2 N–H and O–H groups in total. The van der Waals surface area contributed by atoms with Crippen molar-refractivity contribution < 1.29 is 19.1 Å². The van der Waals surface area contributed by atoms with Gasteiger partial charge < -0.3 is 15.2 Å². The summed E-state index contributed by atoms with van der Waals surface area (Å²) in [5.41, 5.74) is 7.35. The molecular formula is C20H22ClNO4. The number of ketones is 1. The Hall–Kier alpha value is -2.27. The molecule has 1 aromatic rings. The number of benzene rings is 1. The number of halogens is 1. The summed E-state index contributed by atoms with van der Waals surface area (Å²) >= 11 is 6.39. The summed E-state index contributed by atoms with van der Waals surface area (Å²) in [7, 11) is 0. The van der Waals surface area contributed by atoms with Crippen LogP contribution in [0.2, 0.25) is 5.02 Å². The Kier molecular flexibility index (Phi) is 5.37. The van der Waals surface area contributed by atoms with Crippen LogP contribution in [-0.4, -0.2) is 18.4 Å². The third-order valence-corrected chi connectivity index (χ3v) is 4.81. The fourth-order valence-electron chi connectivity index (χ4n) is 3.30. The standard InChI is InChI=1S/C20H22ClNO4/c1-11(2)10-25-20(24)18-16(12-6-3-4-7-13(12)21)17-14(23)8-5-9-15(17)26-19(18)22/h3-4,6-7,11,16H,5,8-10,22H2,1-2H3/t16-/m1/s1. The number of carbonyl (C=O) groups excluding carboxylic acids is 2. The number of allylic oxidation sites excluding steroid dienone is 2. The molecule has 0 saturated carbocycles. The number of hydrogen-bond donors (Lipinski definition) is 1. The summed E-state index contributed by atoms with van der Waals surface area (Å²) in [6, 6.07) is 7.14. The molecule has 138 valence electrons. The van der Waals surface area contributed by atoms with Crippen LogP contribution in [0.3, 0.4) is 0 Å². The van der Waals surface area contributed by atoms with Gasteiger partial charge in [0.25, 0.3) is 0 Å². The molecule has 2 aliphatic rings. The molecule has 0 spiro atoms. The Morgan fingerprint density at radius 3 is 2.77 bits per heavy atom. The second kappa shape index (κ2) is 7.54. The van der Waals surface area contributed by atoms with Gasteiger partial charge in [-0.2, -0.15) is 0 Å². The molecule has 1 aliphatic carbocycles. The minimum absolute atomic E-state index is 0.0166. The summed E-state index contributed by atoms with van der Waals surface area (Å²) in [6.45, 7) is 4.14. The Balaban J connectivity index is 2.10. The van der Waals surface area contributed by atoms with Gasteiger partial charge in [0, 0.05) is 23.4 Å². The van der Waals surface area contributed by atoms with Crippen molar-refractivity contribution in [2.75, 3.05) is 6.61 Å². The number of esters is 1. The molecule has 26 heavy (non-hydrogen) atoms. The topological polar surface area (TPSA) is 78.6 Å². The molecule has 0 bridgehead atoms. The third kappa shape index (κ3) is 3.49. The van der Waals surface area contributed by atoms with E-state index in [9.17, 15) is 9.59 Å². The summed E-state index contributed by atoms with van der Waals surface area (Å²) in [4.78, 5) is 25.4. The van der Waals surface area contributed by atoms with Crippen LogP contribution >= 0.6 is 11.6 Å². The highest BCUT2D eigenvalue weighted by atomic mass is 35.5. The van der Waals surface area contributed by atoms with Crippen molar-refractivity contribution in [2.45, 2.75) is 39.0 Å². The van der Waals surface area contributed by atoms with Gasteiger partial charge in [-0.1, -0.05) is 43.6 Å². The van der Waals surface area contributed by atoms with Gasteiger partial charge in [-0.3, -0.25) is 4.79 Å². The Morgan fingerprint density at radius 2 is 2.08 bits per heavy atom. The van der Waals surface area contributed by atoms with Gasteiger partial charge in [-0.05, 0) is 24.0 Å². The van der Waals surface area contributed by atoms with E-state index in [0.717, 1.165) is 0 Å². The highest BCUT2D eigenvalue weighted by molar-refractivity contribution is 6.31. The van der Waals surface area contributed by atoms with Gasteiger partial charge >= 0.3 is 5.97 Å². The Bertz CT molecular complexity index is 810. The maximum Gasteiger partial charge on any atom is 0.340 e. The third-order valence-electron chi connectivity index (χ3n) is 4.47. The van der Waals surface area contributed by atoms with Gasteiger partial charge in [0.15, 0.2) is 5.78 Å². The molecule has 6 heteroatoms. The summed E-state index contributed by atoms with van der Waals surface area (Å²) in [5.74, 6) is -0.597. The molecule has 1 aromatic carbocycles. The predicted molar refractivity (Wildman–Crippen MR) is 98.2 cm³/mol. The minimum Gasteiger partial charge on any atom is -0.462 e. The monoisotopic (exact) mass is 375 g/mol. The molecule has 0 amide bonds. The van der Waals surface area contributed by atoms with E-state index in [1.165, 1.54) is 0 Å². The molecular weight excluding hydrogens is 354 g/mol. The van der Waals surface area contributed by atoms with Gasteiger partial charge in [0.1, 0.15) is 11.3 Å². The lowest BCUT2D eigenvalue weighted by Crippen LogP contribution is -2.32. The van der Waals surface area contributed by atoms with E-state index in [4.69, 9.17) is 26.8 Å². The number of hydrogen-bond acceptors (Lipinski definition) is 5. The maximum absolute atomic E-state index is 12.8. The van der Waals surface area contributed by atoms with Crippen LogP contribution in [0.1, 0.15) is 44.6 Å². The molecule has 0 radical (unpaired) electrons. The van der Waals surface area contributed by atoms with Crippen LogP contribution in [0.25, 0.3) is 0 Å². The van der Waals surface area contributed by atoms with Crippen LogP contribution in [0, 0.1) is 5.92 Å². The fraction of sp³-hybridized carbons (Fsp3) is 0.400. The average molecular weight is 376 g/mol. The molecule has 3 rings (SSSR count). The van der Waals surface area contributed by atoms with E-state index >= 15 is 0 Å². The van der Waals surface area contributed by atoms with Crippen molar-refractivity contribution in [2.24, 2.45) is 11.7 Å². The summed E-state index contributed by atoms with van der Waals surface area (Å²) in [6.07, 6.45) is 1.72. The lowest BCUT2D eigenvalue weighted by Gasteiger charge is -2.32. The second-order valence-corrected chi connectivity index (χ2v) is 7.35.